The van der Waals surface area contributed by atoms with Crippen molar-refractivity contribution >= 4 is 34.6 Å². The Balaban J connectivity index is 1.50. The van der Waals surface area contributed by atoms with Crippen molar-refractivity contribution in [2.24, 2.45) is 11.8 Å². The molecule has 12 nitrogen and oxygen atoms in total. The molecular formula is C31H40N6O6. The number of fused-ring (bicyclic) bond motifs is 1. The summed E-state index contributed by atoms with van der Waals surface area (Å²) in [6.45, 7) is 11.4. The number of aromatic nitrogens is 3. The van der Waals surface area contributed by atoms with Gasteiger partial charge in [-0.3, -0.25) is 19.4 Å². The van der Waals surface area contributed by atoms with Crippen LogP contribution in [0, 0.1) is 11.8 Å². The second-order valence-electron chi connectivity index (χ2n) is 12.1. The van der Waals surface area contributed by atoms with Gasteiger partial charge in [-0.1, -0.05) is 45.9 Å². The van der Waals surface area contributed by atoms with Gasteiger partial charge in [0.05, 0.1) is 24.1 Å². The molecule has 230 valence electrons. The molecule has 0 bridgehead atoms. The molecule has 1 aromatic carbocycles. The fraction of sp³-hybridized carbons (Fsp3) is 0.516. The number of methoxy groups -OCH3 is 1. The van der Waals surface area contributed by atoms with Gasteiger partial charge in [0.25, 0.3) is 5.89 Å². The van der Waals surface area contributed by atoms with Crippen molar-refractivity contribution in [1.29, 1.82) is 0 Å². The number of alkyl carbamates (subject to hydrolysis) is 1. The van der Waals surface area contributed by atoms with Crippen molar-refractivity contribution in [3.8, 4) is 0 Å². The summed E-state index contributed by atoms with van der Waals surface area (Å²) < 4.78 is 10.6. The van der Waals surface area contributed by atoms with Crippen molar-refractivity contribution in [2.45, 2.75) is 77.9 Å². The van der Waals surface area contributed by atoms with Gasteiger partial charge in [0.2, 0.25) is 23.5 Å². The smallest absolute Gasteiger partial charge is 0.407 e. The van der Waals surface area contributed by atoms with Crippen molar-refractivity contribution in [1.82, 2.24) is 30.7 Å². The Hall–Kier alpha value is -4.35. The van der Waals surface area contributed by atoms with Crippen LogP contribution >= 0.6 is 0 Å². The second kappa shape index (κ2) is 12.9. The SMILES string of the molecule is COC(=O)N[C@H](C(=O)N1CCC[C@H]1C(=O)NC(C(=O)c1nnc(C(C)(C)c2cnc3ccccc3c2)o1)C(C)C)C(C)C. The Morgan fingerprint density at radius 1 is 1.02 bits per heavy atom. The Morgan fingerprint density at radius 3 is 2.40 bits per heavy atom. The molecule has 43 heavy (non-hydrogen) atoms. The maximum Gasteiger partial charge on any atom is 0.407 e. The summed E-state index contributed by atoms with van der Waals surface area (Å²) in [5, 5.41) is 14.6. The van der Waals surface area contributed by atoms with Gasteiger partial charge in [-0.2, -0.15) is 0 Å². The van der Waals surface area contributed by atoms with E-state index in [1.165, 1.54) is 12.0 Å². The molecule has 1 aliphatic rings. The number of para-hydroxylation sites is 1. The monoisotopic (exact) mass is 592 g/mol. The number of nitrogens with zero attached hydrogens (tertiary/aromatic N) is 4. The Kier molecular flexibility index (Phi) is 9.46. The molecule has 12 heteroatoms. The van der Waals surface area contributed by atoms with E-state index in [4.69, 9.17) is 4.42 Å². The highest BCUT2D eigenvalue weighted by atomic mass is 16.5. The highest BCUT2D eigenvalue weighted by molar-refractivity contribution is 6.00. The lowest BCUT2D eigenvalue weighted by molar-refractivity contribution is -0.141. The first-order valence-corrected chi connectivity index (χ1v) is 14.5. The number of Topliss-reactive ketones (excluding diaryl/α,β-unsaturated/α-hetero) is 1. The molecule has 0 aliphatic carbocycles. The van der Waals surface area contributed by atoms with Crippen LogP contribution in [0.3, 0.4) is 0 Å². The lowest BCUT2D eigenvalue weighted by atomic mass is 9.85. The van der Waals surface area contributed by atoms with E-state index in [9.17, 15) is 19.2 Å². The summed E-state index contributed by atoms with van der Waals surface area (Å²) in [7, 11) is 1.22. The van der Waals surface area contributed by atoms with Crippen LogP contribution in [0.2, 0.25) is 0 Å². The zero-order valence-electron chi connectivity index (χ0n) is 25.7. The number of likely N-dealkylation sites (tertiary alicyclic amines) is 1. The number of carbonyl (C=O) groups excluding carboxylic acids is 4. The van der Waals surface area contributed by atoms with Crippen LogP contribution in [0.1, 0.15) is 76.5 Å². The Labute approximate surface area is 251 Å². The Bertz CT molecular complexity index is 1500. The van der Waals surface area contributed by atoms with E-state index in [1.54, 1.807) is 33.9 Å². The van der Waals surface area contributed by atoms with Crippen LogP contribution in [0.25, 0.3) is 10.9 Å². The fourth-order valence-electron chi connectivity index (χ4n) is 5.21. The van der Waals surface area contributed by atoms with E-state index in [-0.39, 0.29) is 29.5 Å². The number of benzene rings is 1. The second-order valence-corrected chi connectivity index (χ2v) is 12.1. The number of hydrogen-bond acceptors (Lipinski definition) is 9. The predicted octanol–water partition coefficient (Wildman–Crippen LogP) is 3.64. The number of amides is 3. The van der Waals surface area contributed by atoms with E-state index in [0.717, 1.165) is 16.5 Å². The average molecular weight is 593 g/mol. The third-order valence-corrected chi connectivity index (χ3v) is 7.96. The summed E-state index contributed by atoms with van der Waals surface area (Å²) in [4.78, 5) is 58.3. The predicted molar refractivity (Wildman–Crippen MR) is 158 cm³/mol. The van der Waals surface area contributed by atoms with Gasteiger partial charge in [0.15, 0.2) is 0 Å². The first-order valence-electron chi connectivity index (χ1n) is 14.5. The van der Waals surface area contributed by atoms with Crippen molar-refractivity contribution in [3.05, 3.63) is 53.9 Å². The molecule has 3 atom stereocenters. The molecule has 3 amide bonds. The zero-order valence-corrected chi connectivity index (χ0v) is 25.7. The van der Waals surface area contributed by atoms with E-state index in [1.807, 2.05) is 44.2 Å². The maximum absolute atomic E-state index is 13.6. The number of hydrogen-bond donors (Lipinski definition) is 2. The minimum absolute atomic E-state index is 0.211. The Morgan fingerprint density at radius 2 is 1.72 bits per heavy atom. The number of nitrogens with one attached hydrogen (secondary N) is 2. The summed E-state index contributed by atoms with van der Waals surface area (Å²) in [6.07, 6.45) is 2.07. The zero-order chi connectivity index (χ0) is 31.5. The van der Waals surface area contributed by atoms with E-state index in [2.05, 4.69) is 30.6 Å². The van der Waals surface area contributed by atoms with Gasteiger partial charge in [0, 0.05) is 18.1 Å². The number of pyridine rings is 1. The molecule has 1 fully saturated rings. The average Bonchev–Trinajstić information content (AvgIpc) is 3.68. The number of ether oxygens (including phenoxy) is 1. The topological polar surface area (TPSA) is 157 Å². The molecule has 1 saturated heterocycles. The van der Waals surface area contributed by atoms with Crippen LogP contribution in [-0.2, 0) is 19.7 Å². The van der Waals surface area contributed by atoms with E-state index in [0.29, 0.717) is 19.4 Å². The van der Waals surface area contributed by atoms with Crippen LogP contribution < -0.4 is 10.6 Å². The van der Waals surface area contributed by atoms with Gasteiger partial charge in [-0.15, -0.1) is 10.2 Å². The lowest BCUT2D eigenvalue weighted by Crippen LogP contribution is -2.57. The minimum atomic E-state index is -0.960. The molecule has 3 heterocycles. The number of ketones is 1. The summed E-state index contributed by atoms with van der Waals surface area (Å²) in [5.74, 6) is -1.86. The third kappa shape index (κ3) is 6.68. The minimum Gasteiger partial charge on any atom is -0.453 e. The quantitative estimate of drug-likeness (QED) is 0.336. The van der Waals surface area contributed by atoms with E-state index >= 15 is 0 Å². The highest BCUT2D eigenvalue weighted by Gasteiger charge is 2.41. The van der Waals surface area contributed by atoms with Gasteiger partial charge in [0.1, 0.15) is 12.1 Å². The standard InChI is InChI=1S/C31H40N6O6/c1-17(2)23(33-26(39)22-13-10-14-37(22)28(40)24(18(3)4)34-30(41)42-7)25(38)27-35-36-29(43-27)31(5,6)20-15-19-11-8-9-12-21(19)32-16-20/h8-9,11-12,15-18,22-24H,10,13-14H2,1-7H3,(H,33,39)(H,34,41)/t22-,23?,24-/m0/s1. The van der Waals surface area contributed by atoms with Gasteiger partial charge < -0.3 is 24.7 Å². The van der Waals surface area contributed by atoms with E-state index < -0.39 is 41.3 Å². The third-order valence-electron chi connectivity index (χ3n) is 7.96. The van der Waals surface area contributed by atoms with Crippen LogP contribution in [0.5, 0.6) is 0 Å². The van der Waals surface area contributed by atoms with Gasteiger partial charge in [-0.25, -0.2) is 4.79 Å². The van der Waals surface area contributed by atoms with Crippen LogP contribution in [0.15, 0.2) is 40.9 Å². The molecule has 1 aliphatic heterocycles. The molecule has 3 aromatic rings. The normalized spacial score (nSPS) is 16.8. The number of rotatable bonds is 10. The van der Waals surface area contributed by atoms with Crippen LogP contribution in [0.4, 0.5) is 4.79 Å². The highest BCUT2D eigenvalue weighted by Crippen LogP contribution is 2.32. The lowest BCUT2D eigenvalue weighted by Gasteiger charge is -2.31. The molecule has 2 N–H and O–H groups in total. The fourth-order valence-corrected chi connectivity index (χ4v) is 5.21. The van der Waals surface area contributed by atoms with Crippen molar-refractivity contribution in [2.75, 3.05) is 13.7 Å². The summed E-state index contributed by atoms with van der Waals surface area (Å²) in [6, 6.07) is 7.15. The molecule has 1 unspecified atom stereocenters. The maximum atomic E-state index is 13.6. The number of carbonyl (C=O) groups is 4. The van der Waals surface area contributed by atoms with Gasteiger partial charge in [-0.05, 0) is 56.2 Å². The largest absolute Gasteiger partial charge is 0.453 e. The first kappa shape index (κ1) is 31.6. The van der Waals surface area contributed by atoms with Crippen molar-refractivity contribution in [3.63, 3.8) is 0 Å². The van der Waals surface area contributed by atoms with Crippen LogP contribution in [-0.4, -0.2) is 75.6 Å². The summed E-state index contributed by atoms with van der Waals surface area (Å²) >= 11 is 0. The molecule has 2 aromatic heterocycles. The molecule has 0 radical (unpaired) electrons. The summed E-state index contributed by atoms with van der Waals surface area (Å²) in [5.41, 5.74) is 0.963. The molecular weight excluding hydrogens is 552 g/mol. The molecule has 4 rings (SSSR count). The first-order chi connectivity index (χ1) is 20.3. The van der Waals surface area contributed by atoms with Crippen molar-refractivity contribution < 1.29 is 28.3 Å². The van der Waals surface area contributed by atoms with Gasteiger partial charge >= 0.3 is 6.09 Å². The molecule has 0 saturated carbocycles. The molecule has 0 spiro atoms.